The lowest BCUT2D eigenvalue weighted by Gasteiger charge is -2.05. The highest BCUT2D eigenvalue weighted by atomic mass is 16.2. The molecule has 0 bridgehead atoms. The fourth-order valence-corrected chi connectivity index (χ4v) is 1.63. The first-order chi connectivity index (χ1) is 9.78. The summed E-state index contributed by atoms with van der Waals surface area (Å²) in [5.74, 6) is 5.64. The van der Waals surface area contributed by atoms with E-state index >= 15 is 0 Å². The second kappa shape index (κ2) is 7.07. The zero-order valence-corrected chi connectivity index (χ0v) is 10.9. The monoisotopic (exact) mass is 269 g/mol. The molecule has 0 spiro atoms. The van der Waals surface area contributed by atoms with E-state index in [0.29, 0.717) is 13.1 Å². The molecule has 6 nitrogen and oxygen atoms in total. The lowest BCUT2D eigenvalue weighted by atomic mass is 10.1. The number of aromatic nitrogens is 3. The Morgan fingerprint density at radius 3 is 3.10 bits per heavy atom. The van der Waals surface area contributed by atoms with E-state index in [1.165, 1.54) is 17.3 Å². The van der Waals surface area contributed by atoms with Crippen LogP contribution in [0.3, 0.4) is 0 Å². The SMILES string of the molecule is NCC#Cc1cccc(CNC(=O)Cn2cncn2)c1. The number of hydrogen-bond donors (Lipinski definition) is 2. The largest absolute Gasteiger partial charge is 0.350 e. The minimum atomic E-state index is -0.117. The van der Waals surface area contributed by atoms with Crippen LogP contribution in [0.25, 0.3) is 0 Å². The number of benzene rings is 1. The number of nitrogens with zero attached hydrogens (tertiary/aromatic N) is 3. The molecule has 1 amide bonds. The molecule has 102 valence electrons. The van der Waals surface area contributed by atoms with Crippen LogP contribution in [0.5, 0.6) is 0 Å². The third kappa shape index (κ3) is 4.23. The zero-order valence-electron chi connectivity index (χ0n) is 10.9. The second-order valence-corrected chi connectivity index (χ2v) is 4.08. The predicted octanol–water partition coefficient (Wildman–Crippen LogP) is -0.0953. The van der Waals surface area contributed by atoms with Crippen molar-refractivity contribution < 1.29 is 4.79 Å². The van der Waals surface area contributed by atoms with Crippen LogP contribution in [-0.4, -0.2) is 27.2 Å². The highest BCUT2D eigenvalue weighted by Gasteiger charge is 2.03. The van der Waals surface area contributed by atoms with Gasteiger partial charge < -0.3 is 11.1 Å². The van der Waals surface area contributed by atoms with Gasteiger partial charge in [0.25, 0.3) is 0 Å². The molecule has 3 N–H and O–H groups in total. The van der Waals surface area contributed by atoms with E-state index in [1.807, 2.05) is 24.3 Å². The number of carbonyl (C=O) groups excluding carboxylic acids is 1. The van der Waals surface area contributed by atoms with E-state index in [9.17, 15) is 4.79 Å². The Bertz CT molecular complexity index is 625. The average Bonchev–Trinajstić information content (AvgIpc) is 2.96. The van der Waals surface area contributed by atoms with Gasteiger partial charge in [-0.15, -0.1) is 0 Å². The van der Waals surface area contributed by atoms with Gasteiger partial charge in [0.1, 0.15) is 19.2 Å². The summed E-state index contributed by atoms with van der Waals surface area (Å²) in [6, 6.07) is 7.67. The van der Waals surface area contributed by atoms with E-state index in [2.05, 4.69) is 27.2 Å². The minimum absolute atomic E-state index is 0.117. The number of carbonyl (C=O) groups is 1. The molecule has 0 saturated heterocycles. The lowest BCUT2D eigenvalue weighted by molar-refractivity contribution is -0.122. The quantitative estimate of drug-likeness (QED) is 0.759. The molecule has 6 heteroatoms. The van der Waals surface area contributed by atoms with Crippen molar-refractivity contribution in [1.29, 1.82) is 0 Å². The maximum atomic E-state index is 11.7. The Hall–Kier alpha value is -2.65. The van der Waals surface area contributed by atoms with Gasteiger partial charge in [0.15, 0.2) is 0 Å². The van der Waals surface area contributed by atoms with Gasteiger partial charge in [0, 0.05) is 12.1 Å². The summed E-state index contributed by atoms with van der Waals surface area (Å²) in [6.45, 7) is 0.942. The number of nitrogens with one attached hydrogen (secondary N) is 1. The summed E-state index contributed by atoms with van der Waals surface area (Å²) in [4.78, 5) is 15.5. The molecule has 1 aromatic carbocycles. The molecule has 1 heterocycles. The summed E-state index contributed by atoms with van der Waals surface area (Å²) in [6.07, 6.45) is 2.90. The Morgan fingerprint density at radius 2 is 2.35 bits per heavy atom. The van der Waals surface area contributed by atoms with Crippen molar-refractivity contribution in [3.8, 4) is 11.8 Å². The summed E-state index contributed by atoms with van der Waals surface area (Å²) in [7, 11) is 0. The maximum Gasteiger partial charge on any atom is 0.242 e. The van der Waals surface area contributed by atoms with Gasteiger partial charge in [-0.05, 0) is 17.7 Å². The van der Waals surface area contributed by atoms with Crippen molar-refractivity contribution in [2.75, 3.05) is 6.54 Å². The lowest BCUT2D eigenvalue weighted by Crippen LogP contribution is -2.27. The van der Waals surface area contributed by atoms with Crippen LogP contribution >= 0.6 is 0 Å². The van der Waals surface area contributed by atoms with Gasteiger partial charge in [0.2, 0.25) is 5.91 Å². The van der Waals surface area contributed by atoms with Crippen molar-refractivity contribution in [2.45, 2.75) is 13.1 Å². The van der Waals surface area contributed by atoms with Crippen LogP contribution in [0, 0.1) is 11.8 Å². The minimum Gasteiger partial charge on any atom is -0.350 e. The van der Waals surface area contributed by atoms with Crippen molar-refractivity contribution in [3.05, 3.63) is 48.0 Å². The summed E-state index contributed by atoms with van der Waals surface area (Å²) < 4.78 is 1.47. The molecule has 1 aromatic heterocycles. The Balaban J connectivity index is 1.88. The van der Waals surface area contributed by atoms with Gasteiger partial charge in [0.05, 0.1) is 6.54 Å². The van der Waals surface area contributed by atoms with E-state index in [0.717, 1.165) is 11.1 Å². The van der Waals surface area contributed by atoms with Crippen molar-refractivity contribution >= 4 is 5.91 Å². The molecule has 0 aliphatic rings. The fraction of sp³-hybridized carbons (Fsp3) is 0.214. The first-order valence-corrected chi connectivity index (χ1v) is 6.15. The van der Waals surface area contributed by atoms with Crippen molar-refractivity contribution in [1.82, 2.24) is 20.1 Å². The normalized spacial score (nSPS) is 9.65. The molecule has 0 radical (unpaired) electrons. The van der Waals surface area contributed by atoms with Crippen molar-refractivity contribution in [3.63, 3.8) is 0 Å². The summed E-state index contributed by atoms with van der Waals surface area (Å²) >= 11 is 0. The van der Waals surface area contributed by atoms with Crippen LogP contribution in [-0.2, 0) is 17.9 Å². The molecule has 2 aromatic rings. The van der Waals surface area contributed by atoms with Crippen LogP contribution in [0.15, 0.2) is 36.9 Å². The molecule has 0 aliphatic heterocycles. The summed E-state index contributed by atoms with van der Waals surface area (Å²) in [5, 5.41) is 6.69. The molecule has 0 aliphatic carbocycles. The van der Waals surface area contributed by atoms with Crippen LogP contribution in [0.1, 0.15) is 11.1 Å². The predicted molar refractivity (Wildman–Crippen MR) is 74.2 cm³/mol. The average molecular weight is 269 g/mol. The topological polar surface area (TPSA) is 85.8 Å². The highest BCUT2D eigenvalue weighted by molar-refractivity contribution is 5.75. The van der Waals surface area contributed by atoms with Crippen LogP contribution < -0.4 is 11.1 Å². The number of rotatable bonds is 4. The molecule has 20 heavy (non-hydrogen) atoms. The molecule has 0 saturated carbocycles. The van der Waals surface area contributed by atoms with Crippen LogP contribution in [0.2, 0.25) is 0 Å². The van der Waals surface area contributed by atoms with E-state index in [-0.39, 0.29) is 12.5 Å². The van der Waals surface area contributed by atoms with Gasteiger partial charge in [-0.3, -0.25) is 4.79 Å². The number of amides is 1. The third-order valence-electron chi connectivity index (χ3n) is 2.52. The number of hydrogen-bond acceptors (Lipinski definition) is 4. The summed E-state index contributed by atoms with van der Waals surface area (Å²) in [5.41, 5.74) is 7.21. The first-order valence-electron chi connectivity index (χ1n) is 6.15. The molecule has 0 unspecified atom stereocenters. The first kappa shape index (κ1) is 13.8. The Kier molecular flexibility index (Phi) is 4.87. The smallest absolute Gasteiger partial charge is 0.242 e. The van der Waals surface area contributed by atoms with Gasteiger partial charge >= 0.3 is 0 Å². The van der Waals surface area contributed by atoms with E-state index < -0.39 is 0 Å². The van der Waals surface area contributed by atoms with Gasteiger partial charge in [-0.25, -0.2) is 9.67 Å². The van der Waals surface area contributed by atoms with Crippen molar-refractivity contribution in [2.24, 2.45) is 5.73 Å². The third-order valence-corrected chi connectivity index (χ3v) is 2.52. The molecule has 2 rings (SSSR count). The Labute approximate surface area is 117 Å². The number of nitrogens with two attached hydrogens (primary N) is 1. The van der Waals surface area contributed by atoms with Gasteiger partial charge in [-0.1, -0.05) is 24.0 Å². The maximum absolute atomic E-state index is 11.7. The standard InChI is InChI=1S/C14H15N5O/c15-6-2-5-12-3-1-4-13(7-12)8-17-14(20)9-19-11-16-10-18-19/h1,3-4,7,10-11H,6,8-9,15H2,(H,17,20). The molecule has 0 fully saturated rings. The van der Waals surface area contributed by atoms with Crippen LogP contribution in [0.4, 0.5) is 0 Å². The van der Waals surface area contributed by atoms with E-state index in [1.54, 1.807) is 0 Å². The zero-order chi connectivity index (χ0) is 14.2. The molecular formula is C14H15N5O. The van der Waals surface area contributed by atoms with E-state index in [4.69, 9.17) is 5.73 Å². The highest BCUT2D eigenvalue weighted by Crippen LogP contribution is 2.03. The van der Waals surface area contributed by atoms with Gasteiger partial charge in [-0.2, -0.15) is 5.10 Å². The molecular weight excluding hydrogens is 254 g/mol. The molecule has 0 atom stereocenters. The Morgan fingerprint density at radius 1 is 1.45 bits per heavy atom. The fourth-order valence-electron chi connectivity index (χ4n) is 1.63. The second-order valence-electron chi connectivity index (χ2n) is 4.08.